The number of unbranched alkanes of at least 4 members (excludes halogenated alkanes) is 8. The van der Waals surface area contributed by atoms with Crippen LogP contribution in [0.5, 0.6) is 0 Å². The highest BCUT2D eigenvalue weighted by atomic mass is 16.5. The van der Waals surface area contributed by atoms with E-state index in [1.807, 2.05) is 71.1 Å². The van der Waals surface area contributed by atoms with E-state index in [0.29, 0.717) is 41.0 Å². The number of carbonyl (C=O) groups is 5. The summed E-state index contributed by atoms with van der Waals surface area (Å²) in [5, 5.41) is 2.48. The Hall–Kier alpha value is -6.66. The maximum atomic E-state index is 12.5. The third-order valence-corrected chi connectivity index (χ3v) is 14.9. The number of ether oxygens (including phenoxy) is 1. The number of carbonyl (C=O) groups excluding carboxylic acids is 5. The van der Waals surface area contributed by atoms with Gasteiger partial charge in [-0.25, -0.2) is 0 Å². The van der Waals surface area contributed by atoms with Gasteiger partial charge in [0.15, 0.2) is 17.3 Å². The number of allylic oxidation sites excluding steroid dienone is 9. The number of benzene rings is 2. The zero-order valence-corrected chi connectivity index (χ0v) is 60.9. The van der Waals surface area contributed by atoms with Crippen molar-refractivity contribution in [3.63, 3.8) is 0 Å². The molecule has 9 nitrogen and oxygen atoms in total. The van der Waals surface area contributed by atoms with Crippen LogP contribution >= 0.6 is 0 Å². The Labute approximate surface area is 553 Å². The average Bonchev–Trinajstić information content (AvgIpc) is 1.18. The Kier molecular flexibility index (Phi) is 61.3. The summed E-state index contributed by atoms with van der Waals surface area (Å²) in [6, 6.07) is 11.0. The van der Waals surface area contributed by atoms with Crippen LogP contribution in [-0.4, -0.2) is 49.5 Å². The average molecular weight is 1240 g/mol. The monoisotopic (exact) mass is 1240 g/mol. The maximum absolute atomic E-state index is 12.5. The maximum Gasteiger partial charge on any atom is 0.222 e. The van der Waals surface area contributed by atoms with Crippen LogP contribution < -0.4 is 11.1 Å². The molecule has 0 saturated heterocycles. The van der Waals surface area contributed by atoms with E-state index in [1.165, 1.54) is 115 Å². The molecule has 3 N–H and O–H groups in total. The number of nitrogens with one attached hydrogen (secondary N) is 1. The van der Waals surface area contributed by atoms with E-state index in [4.69, 9.17) is 16.9 Å². The van der Waals surface area contributed by atoms with Gasteiger partial charge in [0.25, 0.3) is 0 Å². The normalized spacial score (nSPS) is 11.7. The molecule has 2 unspecified atom stereocenters. The van der Waals surface area contributed by atoms with Crippen LogP contribution in [-0.2, 0) is 19.7 Å². The molecule has 0 aliphatic rings. The molecule has 1 amide bonds. The largest absolute Gasteiger partial charge is 0.444 e. The van der Waals surface area contributed by atoms with Gasteiger partial charge in [-0.15, -0.1) is 26.2 Å². The van der Waals surface area contributed by atoms with Gasteiger partial charge < -0.3 is 20.6 Å². The summed E-state index contributed by atoms with van der Waals surface area (Å²) in [5.41, 5.74) is 13.9. The predicted octanol–water partition coefficient (Wildman–Crippen LogP) is 22.4. The molecular formula is C81H131N3O6. The van der Waals surface area contributed by atoms with Crippen molar-refractivity contribution in [2.24, 2.45) is 28.5 Å². The fraction of sp³-hybridized carbons (Fsp3) is 0.556. The van der Waals surface area contributed by atoms with Crippen LogP contribution in [0, 0.1) is 43.9 Å². The summed E-state index contributed by atoms with van der Waals surface area (Å²) >= 11 is 0. The van der Waals surface area contributed by atoms with Gasteiger partial charge >= 0.3 is 0 Å². The van der Waals surface area contributed by atoms with Crippen LogP contribution in [0.2, 0.25) is 0 Å². The number of Topliss-reactive ketones (excluding diaryl/α,β-unsaturated/α-hetero) is 3. The molecule has 9 heteroatoms. The zero-order valence-electron chi connectivity index (χ0n) is 60.9. The van der Waals surface area contributed by atoms with E-state index in [2.05, 4.69) is 118 Å². The smallest absolute Gasteiger partial charge is 0.222 e. The van der Waals surface area contributed by atoms with Crippen LogP contribution in [0.25, 0.3) is 0 Å². The number of amides is 1. The van der Waals surface area contributed by atoms with Crippen molar-refractivity contribution < 1.29 is 28.7 Å². The minimum absolute atomic E-state index is 0.00558. The van der Waals surface area contributed by atoms with Crippen molar-refractivity contribution in [3.05, 3.63) is 167 Å². The molecule has 2 aromatic rings. The zero-order chi connectivity index (χ0) is 70.0. The quantitative estimate of drug-likeness (QED) is 0.00804. The number of terminal acetylenes is 1. The summed E-state index contributed by atoms with van der Waals surface area (Å²) < 4.78 is 5.80. The molecule has 2 aromatic carbocycles. The molecule has 0 radical (unpaired) electrons. The number of aldehydes is 1. The van der Waals surface area contributed by atoms with Crippen molar-refractivity contribution in [2.45, 2.75) is 264 Å². The lowest BCUT2D eigenvalue weighted by molar-refractivity contribution is -0.121. The SMILES string of the molecule is C#C/C(=C\C=C/C)CCC.C=C(C)CC.C=C/C(C(=NC)OC(=C)CCCC(C)C(CCC)CCC)=C(\C)N.C=CC.C=CC(C)(C)c1cc(C)ccc1C(C)=O.CCCCCCCCCCC.CNC(=O)CCC(C=O)CC(=O)c1c(C)cccc1C(C)=O. The van der Waals surface area contributed by atoms with Gasteiger partial charge in [-0.1, -0.05) is 262 Å². The Morgan fingerprint density at radius 2 is 1.29 bits per heavy atom. The minimum Gasteiger partial charge on any atom is -0.444 e. The summed E-state index contributed by atoms with van der Waals surface area (Å²) in [4.78, 5) is 62.1. The first kappa shape index (κ1) is 92.1. The second-order valence-electron chi connectivity index (χ2n) is 23.8. The van der Waals surface area contributed by atoms with E-state index in [1.54, 1.807) is 51.2 Å². The highest BCUT2D eigenvalue weighted by molar-refractivity contribution is 6.09. The van der Waals surface area contributed by atoms with Crippen LogP contribution in [0.15, 0.2) is 139 Å². The van der Waals surface area contributed by atoms with Crippen LogP contribution in [0.4, 0.5) is 0 Å². The number of hydrogen-bond acceptors (Lipinski definition) is 8. The number of nitrogens with two attached hydrogens (primary N) is 1. The third kappa shape index (κ3) is 47.3. The Balaban J connectivity index is -0.000000335. The standard InChI is InChI=1S/C21H38N2O.C17H21NO4.C14H18O.C11H24.C10H14.C5H10.C3H6/c1-8-12-19(13-9-2)16(4)14-11-15-17(5)24-21(23-7)20(10-3)18(6)22;1-11-5-4-6-14(12(2)20)17(11)15(21)9-13(10-19)7-8-16(22)18-3;1-6-14(4,5)13-9-10(2)7-8-12(13)11(3)15;1-3-5-7-9-11-10-8-6-4-2;1-4-7-9-10(6-3)8-5-2;1-4-5(2)3;1-3-2/h10,16,19H,3,5,8-9,11-15,22H2,1-2,4,6-7H3;4-6,10,13H,7-9H2,1-3H3,(H,18,22);6-9H,1H2,2-5H3;3-11H2,1-2H3;3-4,7,9H,5,8H2,1-2H3;2,4H2,1,3H3;3H,1H2,2H3/b20-18-,23-21?;;;;7-4-,10-9+;;. The minimum atomic E-state index is -0.524. The molecule has 0 aromatic heterocycles. The van der Waals surface area contributed by atoms with Crippen molar-refractivity contribution in [3.8, 4) is 12.3 Å². The van der Waals surface area contributed by atoms with Crippen molar-refractivity contribution in [1.82, 2.24) is 5.32 Å². The topological polar surface area (TPSA) is 145 Å². The second kappa shape index (κ2) is 59.9. The highest BCUT2D eigenvalue weighted by Gasteiger charge is 2.23. The summed E-state index contributed by atoms with van der Waals surface area (Å²) in [6.07, 6.45) is 42.3. The number of aryl methyl sites for hydroxylation is 2. The van der Waals surface area contributed by atoms with E-state index in [-0.39, 0.29) is 41.5 Å². The van der Waals surface area contributed by atoms with Crippen molar-refractivity contribution >= 4 is 35.4 Å². The second-order valence-corrected chi connectivity index (χ2v) is 23.8. The molecule has 90 heavy (non-hydrogen) atoms. The van der Waals surface area contributed by atoms with Gasteiger partial charge in [0.05, 0.1) is 11.3 Å². The molecule has 2 atom stereocenters. The molecule has 0 fully saturated rings. The first-order valence-corrected chi connectivity index (χ1v) is 33.6. The molecule has 0 bridgehead atoms. The highest BCUT2D eigenvalue weighted by Crippen LogP contribution is 2.30. The van der Waals surface area contributed by atoms with Gasteiger partial charge in [0, 0.05) is 72.7 Å². The molecule has 0 spiro atoms. The molecule has 0 heterocycles. The van der Waals surface area contributed by atoms with Crippen molar-refractivity contribution in [1.29, 1.82) is 0 Å². The van der Waals surface area contributed by atoms with Gasteiger partial charge in [0.1, 0.15) is 6.29 Å². The third-order valence-electron chi connectivity index (χ3n) is 14.9. The van der Waals surface area contributed by atoms with E-state index >= 15 is 0 Å². The van der Waals surface area contributed by atoms with Crippen LogP contribution in [0.3, 0.4) is 0 Å². The molecule has 0 saturated carbocycles. The molecule has 506 valence electrons. The molecule has 0 aliphatic heterocycles. The summed E-state index contributed by atoms with van der Waals surface area (Å²) in [5.74, 6) is 4.49. The summed E-state index contributed by atoms with van der Waals surface area (Å²) in [7, 11) is 3.22. The van der Waals surface area contributed by atoms with E-state index in [0.717, 1.165) is 72.0 Å². The number of aliphatic imine (C=N–C) groups is 1. The predicted molar refractivity (Wildman–Crippen MR) is 395 cm³/mol. The Bertz CT molecular complexity index is 2530. The van der Waals surface area contributed by atoms with Crippen LogP contribution in [0.1, 0.15) is 293 Å². The van der Waals surface area contributed by atoms with E-state index in [9.17, 15) is 24.0 Å². The van der Waals surface area contributed by atoms with Gasteiger partial charge in [-0.2, -0.15) is 0 Å². The molecule has 2 rings (SSSR count). The summed E-state index contributed by atoms with van der Waals surface area (Å²) in [6.45, 7) is 53.1. The Morgan fingerprint density at radius 3 is 1.69 bits per heavy atom. The van der Waals surface area contributed by atoms with Gasteiger partial charge in [-0.3, -0.25) is 24.2 Å². The fourth-order valence-corrected chi connectivity index (χ4v) is 9.15. The van der Waals surface area contributed by atoms with E-state index < -0.39 is 5.92 Å². The lowest BCUT2D eigenvalue weighted by Gasteiger charge is -2.23. The number of nitrogens with zero attached hydrogens (tertiary/aromatic N) is 1. The first-order chi connectivity index (χ1) is 42.6. The lowest BCUT2D eigenvalue weighted by atomic mass is 9.80. The van der Waals surface area contributed by atoms with Gasteiger partial charge in [0.2, 0.25) is 11.8 Å². The lowest BCUT2D eigenvalue weighted by Crippen LogP contribution is -2.20. The molecule has 0 aliphatic carbocycles. The fourth-order valence-electron chi connectivity index (χ4n) is 9.15. The number of hydrogen-bond donors (Lipinski definition) is 2. The van der Waals surface area contributed by atoms with Gasteiger partial charge in [-0.05, 0) is 104 Å². The van der Waals surface area contributed by atoms with Crippen molar-refractivity contribution in [2.75, 3.05) is 14.1 Å². The number of rotatable bonds is 35. The first-order valence-electron chi connectivity index (χ1n) is 33.6. The number of ketones is 3. The Morgan fingerprint density at radius 1 is 0.756 bits per heavy atom. The molecular weight excluding hydrogens is 1110 g/mol.